The molecule has 9 heteroatoms. The number of carbonyl (C=O) groups excluding carboxylic acids is 1. The predicted molar refractivity (Wildman–Crippen MR) is 74.5 cm³/mol. The number of thiazole rings is 1. The highest BCUT2D eigenvalue weighted by Gasteiger charge is 2.32. The fourth-order valence-corrected chi connectivity index (χ4v) is 3.08. The van der Waals surface area contributed by atoms with Gasteiger partial charge in [-0.3, -0.25) is 14.8 Å². The second-order valence-corrected chi connectivity index (χ2v) is 5.87. The molecule has 0 aromatic carbocycles. The molecule has 2 aromatic rings. The lowest BCUT2D eigenvalue weighted by Crippen LogP contribution is -2.40. The Balaban J connectivity index is 1.56. The summed E-state index contributed by atoms with van der Waals surface area (Å²) in [6.07, 6.45) is 2.57. The van der Waals surface area contributed by atoms with Crippen LogP contribution in [0.1, 0.15) is 22.0 Å². The van der Waals surface area contributed by atoms with Crippen LogP contribution in [0.3, 0.4) is 0 Å². The quantitative estimate of drug-likeness (QED) is 0.845. The monoisotopic (exact) mass is 310 g/mol. The maximum atomic E-state index is 13.7. The molecule has 0 bridgehead atoms. The fourth-order valence-electron chi connectivity index (χ4n) is 2.44. The third-order valence-electron chi connectivity index (χ3n) is 3.43. The lowest BCUT2D eigenvalue weighted by Gasteiger charge is -2.22. The summed E-state index contributed by atoms with van der Waals surface area (Å²) in [6, 6.07) is -0.0317. The van der Waals surface area contributed by atoms with Gasteiger partial charge in [-0.2, -0.15) is 5.10 Å². The number of carbonyl (C=O) groups is 1. The van der Waals surface area contributed by atoms with E-state index in [9.17, 15) is 9.18 Å². The average Bonchev–Trinajstić information content (AvgIpc) is 3.18. The molecule has 1 fully saturated rings. The van der Waals surface area contributed by atoms with Gasteiger partial charge < -0.3 is 5.32 Å². The van der Waals surface area contributed by atoms with Gasteiger partial charge in [0.25, 0.3) is 5.91 Å². The maximum absolute atomic E-state index is 13.7. The summed E-state index contributed by atoms with van der Waals surface area (Å²) in [7, 11) is 0. The number of aromatic nitrogens is 4. The van der Waals surface area contributed by atoms with Crippen molar-refractivity contribution in [2.24, 2.45) is 0 Å². The number of rotatable bonds is 5. The van der Waals surface area contributed by atoms with Crippen LogP contribution in [-0.2, 0) is 6.54 Å². The fraction of sp³-hybridized carbons (Fsp3) is 0.500. The van der Waals surface area contributed by atoms with Crippen molar-refractivity contribution in [1.29, 1.82) is 0 Å². The van der Waals surface area contributed by atoms with Crippen LogP contribution < -0.4 is 5.32 Å². The van der Waals surface area contributed by atoms with Gasteiger partial charge in [0.15, 0.2) is 0 Å². The number of nitrogens with zero attached hydrogens (tertiary/aromatic N) is 4. The number of alkyl halides is 1. The number of halogens is 1. The standard InChI is InChI=1S/C12H15FN6OS/c13-8-3-9(4-15-12(20)11-16-7-17-18-11)19(5-8)6-10-14-1-2-21-10/h1-2,7-9H,3-6H2,(H,15,20)(H,16,17,18)/t8-,9-/m0/s1. The molecule has 0 radical (unpaired) electrons. The summed E-state index contributed by atoms with van der Waals surface area (Å²) in [4.78, 5) is 21.8. The summed E-state index contributed by atoms with van der Waals surface area (Å²) in [6.45, 7) is 1.37. The Morgan fingerprint density at radius 2 is 2.48 bits per heavy atom. The molecule has 0 unspecified atom stereocenters. The van der Waals surface area contributed by atoms with E-state index in [0.29, 0.717) is 26.1 Å². The van der Waals surface area contributed by atoms with Gasteiger partial charge in [-0.05, 0) is 6.42 Å². The second-order valence-electron chi connectivity index (χ2n) is 4.89. The van der Waals surface area contributed by atoms with E-state index in [4.69, 9.17) is 0 Å². The van der Waals surface area contributed by atoms with Crippen molar-refractivity contribution >= 4 is 17.2 Å². The Kier molecular flexibility index (Phi) is 4.20. The summed E-state index contributed by atoms with van der Waals surface area (Å²) in [5.41, 5.74) is 0. The van der Waals surface area contributed by atoms with E-state index in [1.54, 1.807) is 17.5 Å². The summed E-state index contributed by atoms with van der Waals surface area (Å²) < 4.78 is 13.7. The van der Waals surface area contributed by atoms with Gasteiger partial charge in [0.2, 0.25) is 5.82 Å². The molecular weight excluding hydrogens is 295 g/mol. The van der Waals surface area contributed by atoms with Gasteiger partial charge in [-0.1, -0.05) is 0 Å². The molecule has 2 aromatic heterocycles. The molecule has 0 spiro atoms. The minimum Gasteiger partial charge on any atom is -0.348 e. The highest BCUT2D eigenvalue weighted by atomic mass is 32.1. The van der Waals surface area contributed by atoms with Crippen LogP contribution in [-0.4, -0.2) is 56.3 Å². The molecule has 1 aliphatic heterocycles. The van der Waals surface area contributed by atoms with Crippen molar-refractivity contribution in [3.63, 3.8) is 0 Å². The molecule has 0 aliphatic carbocycles. The summed E-state index contributed by atoms with van der Waals surface area (Å²) in [5.74, 6) is -0.166. The van der Waals surface area contributed by atoms with Crippen LogP contribution in [0.2, 0.25) is 0 Å². The Labute approximate surface area is 124 Å². The van der Waals surface area contributed by atoms with Crippen molar-refractivity contribution in [3.8, 4) is 0 Å². The van der Waals surface area contributed by atoms with Crippen LogP contribution in [0.5, 0.6) is 0 Å². The predicted octanol–water partition coefficient (Wildman–Crippen LogP) is 0.604. The number of nitrogens with one attached hydrogen (secondary N) is 2. The number of hydrogen-bond acceptors (Lipinski definition) is 6. The number of H-pyrrole nitrogens is 1. The first-order valence-electron chi connectivity index (χ1n) is 6.62. The first-order chi connectivity index (χ1) is 10.2. The number of likely N-dealkylation sites (tertiary alicyclic amines) is 1. The Morgan fingerprint density at radius 3 is 3.19 bits per heavy atom. The highest BCUT2D eigenvalue weighted by Crippen LogP contribution is 2.22. The van der Waals surface area contributed by atoms with Gasteiger partial charge in [0.1, 0.15) is 17.5 Å². The van der Waals surface area contributed by atoms with Gasteiger partial charge >= 0.3 is 0 Å². The van der Waals surface area contributed by atoms with Crippen molar-refractivity contribution in [3.05, 3.63) is 28.7 Å². The van der Waals surface area contributed by atoms with Crippen LogP contribution >= 0.6 is 11.3 Å². The van der Waals surface area contributed by atoms with Crippen LogP contribution in [0, 0.1) is 0 Å². The first kappa shape index (κ1) is 14.1. The SMILES string of the molecule is O=C(NC[C@@H]1C[C@H](F)CN1Cc1nccs1)c1ncn[nH]1. The van der Waals surface area contributed by atoms with E-state index in [-0.39, 0.29) is 17.8 Å². The molecular formula is C12H15FN6OS. The van der Waals surface area contributed by atoms with Crippen molar-refractivity contribution in [2.75, 3.05) is 13.1 Å². The number of amides is 1. The van der Waals surface area contributed by atoms with Gasteiger partial charge in [0, 0.05) is 30.7 Å². The van der Waals surface area contributed by atoms with E-state index in [1.165, 1.54) is 6.33 Å². The second kappa shape index (κ2) is 6.27. The molecule has 1 amide bonds. The van der Waals surface area contributed by atoms with E-state index in [1.807, 2.05) is 10.3 Å². The largest absolute Gasteiger partial charge is 0.348 e. The third kappa shape index (κ3) is 3.42. The summed E-state index contributed by atoms with van der Waals surface area (Å²) >= 11 is 1.55. The average molecular weight is 310 g/mol. The zero-order valence-electron chi connectivity index (χ0n) is 11.2. The van der Waals surface area contributed by atoms with E-state index in [2.05, 4.69) is 25.5 Å². The minimum absolute atomic E-state index is 0.0317. The molecule has 21 heavy (non-hydrogen) atoms. The summed E-state index contributed by atoms with van der Waals surface area (Å²) in [5, 5.41) is 11.7. The number of hydrogen-bond donors (Lipinski definition) is 2. The molecule has 3 rings (SSSR count). The zero-order chi connectivity index (χ0) is 14.7. The third-order valence-corrected chi connectivity index (χ3v) is 4.19. The Hall–Kier alpha value is -1.87. The molecule has 2 atom stereocenters. The van der Waals surface area contributed by atoms with Gasteiger partial charge in [-0.25, -0.2) is 14.4 Å². The van der Waals surface area contributed by atoms with Gasteiger partial charge in [0.05, 0.1) is 6.54 Å². The lowest BCUT2D eigenvalue weighted by molar-refractivity contribution is 0.0930. The minimum atomic E-state index is -0.864. The smallest absolute Gasteiger partial charge is 0.288 e. The van der Waals surface area contributed by atoms with Crippen LogP contribution in [0.25, 0.3) is 0 Å². The molecule has 2 N–H and O–H groups in total. The molecule has 3 heterocycles. The molecule has 1 saturated heterocycles. The van der Waals surface area contributed by atoms with E-state index < -0.39 is 6.17 Å². The molecule has 0 saturated carbocycles. The highest BCUT2D eigenvalue weighted by molar-refractivity contribution is 7.09. The molecule has 1 aliphatic rings. The van der Waals surface area contributed by atoms with E-state index >= 15 is 0 Å². The van der Waals surface area contributed by atoms with Crippen LogP contribution in [0.15, 0.2) is 17.9 Å². The van der Waals surface area contributed by atoms with Crippen LogP contribution in [0.4, 0.5) is 4.39 Å². The Bertz CT molecular complexity index is 575. The number of aromatic amines is 1. The molecule has 7 nitrogen and oxygen atoms in total. The Morgan fingerprint density at radius 1 is 1.57 bits per heavy atom. The van der Waals surface area contributed by atoms with Gasteiger partial charge in [-0.15, -0.1) is 11.3 Å². The van der Waals surface area contributed by atoms with Crippen molar-refractivity contribution in [2.45, 2.75) is 25.2 Å². The lowest BCUT2D eigenvalue weighted by atomic mass is 10.2. The van der Waals surface area contributed by atoms with Crippen molar-refractivity contribution in [1.82, 2.24) is 30.4 Å². The topological polar surface area (TPSA) is 86.8 Å². The normalized spacial score (nSPS) is 22.5. The van der Waals surface area contributed by atoms with E-state index in [0.717, 1.165) is 5.01 Å². The van der Waals surface area contributed by atoms with Crippen molar-refractivity contribution < 1.29 is 9.18 Å². The first-order valence-corrected chi connectivity index (χ1v) is 7.50. The maximum Gasteiger partial charge on any atom is 0.288 e. The molecule has 112 valence electrons. The zero-order valence-corrected chi connectivity index (χ0v) is 12.0.